The minimum Gasteiger partial charge on any atom is -0.486 e. The fourth-order valence-electron chi connectivity index (χ4n) is 2.42. The van der Waals surface area contributed by atoms with Gasteiger partial charge < -0.3 is 20.1 Å². The Hall–Kier alpha value is -1.75. The lowest BCUT2D eigenvalue weighted by Gasteiger charge is -2.24. The SMILES string of the molecule is O=C(NC1CCNCC1)c1ccc2c(c1)OCCO2. The van der Waals surface area contributed by atoms with Gasteiger partial charge in [-0.1, -0.05) is 0 Å². The Balaban J connectivity index is 1.69. The smallest absolute Gasteiger partial charge is 0.251 e. The van der Waals surface area contributed by atoms with Crippen LogP contribution in [0.5, 0.6) is 11.5 Å². The minimum atomic E-state index is -0.0381. The van der Waals surface area contributed by atoms with Crippen LogP contribution in [0.2, 0.25) is 0 Å². The van der Waals surface area contributed by atoms with E-state index < -0.39 is 0 Å². The second-order valence-corrected chi connectivity index (χ2v) is 4.86. The van der Waals surface area contributed by atoms with Crippen molar-refractivity contribution in [2.24, 2.45) is 0 Å². The molecule has 0 spiro atoms. The fraction of sp³-hybridized carbons (Fsp3) is 0.500. The Bertz CT molecular complexity index is 470. The van der Waals surface area contributed by atoms with E-state index in [1.165, 1.54) is 0 Å². The molecule has 0 aromatic heterocycles. The molecule has 102 valence electrons. The average molecular weight is 262 g/mol. The van der Waals surface area contributed by atoms with Crippen LogP contribution in [-0.2, 0) is 0 Å². The highest BCUT2D eigenvalue weighted by atomic mass is 16.6. The number of fused-ring (bicyclic) bond motifs is 1. The van der Waals surface area contributed by atoms with E-state index in [9.17, 15) is 4.79 Å². The number of carbonyl (C=O) groups is 1. The number of piperidine rings is 1. The van der Waals surface area contributed by atoms with Crippen LogP contribution in [0.25, 0.3) is 0 Å². The fourth-order valence-corrected chi connectivity index (χ4v) is 2.42. The molecule has 1 aromatic carbocycles. The number of rotatable bonds is 2. The number of nitrogens with one attached hydrogen (secondary N) is 2. The van der Waals surface area contributed by atoms with Crippen LogP contribution >= 0.6 is 0 Å². The lowest BCUT2D eigenvalue weighted by Crippen LogP contribution is -2.42. The summed E-state index contributed by atoms with van der Waals surface area (Å²) < 4.78 is 10.9. The summed E-state index contributed by atoms with van der Waals surface area (Å²) in [6, 6.07) is 5.60. The summed E-state index contributed by atoms with van der Waals surface area (Å²) in [6.45, 7) is 3.03. The first-order chi connectivity index (χ1) is 9.33. The van der Waals surface area contributed by atoms with Gasteiger partial charge in [0.2, 0.25) is 0 Å². The molecule has 1 amide bonds. The molecule has 2 aliphatic heterocycles. The first-order valence-corrected chi connectivity index (χ1v) is 6.74. The maximum absolute atomic E-state index is 12.2. The second-order valence-electron chi connectivity index (χ2n) is 4.86. The number of benzene rings is 1. The Labute approximate surface area is 112 Å². The molecule has 0 bridgehead atoms. The highest BCUT2D eigenvalue weighted by Gasteiger charge is 2.18. The predicted molar refractivity (Wildman–Crippen MR) is 70.8 cm³/mol. The maximum atomic E-state index is 12.2. The monoisotopic (exact) mass is 262 g/mol. The number of amides is 1. The van der Waals surface area contributed by atoms with Crippen LogP contribution in [0.1, 0.15) is 23.2 Å². The minimum absolute atomic E-state index is 0.0381. The van der Waals surface area contributed by atoms with Gasteiger partial charge in [-0.25, -0.2) is 0 Å². The van der Waals surface area contributed by atoms with Gasteiger partial charge in [0.15, 0.2) is 11.5 Å². The molecule has 1 saturated heterocycles. The Kier molecular flexibility index (Phi) is 3.55. The van der Waals surface area contributed by atoms with Gasteiger partial charge in [-0.3, -0.25) is 4.79 Å². The molecule has 0 unspecified atom stereocenters. The highest BCUT2D eigenvalue weighted by Crippen LogP contribution is 2.30. The average Bonchev–Trinajstić information content (AvgIpc) is 2.48. The molecule has 0 aliphatic carbocycles. The molecule has 2 heterocycles. The van der Waals surface area contributed by atoms with Crippen LogP contribution in [-0.4, -0.2) is 38.3 Å². The molecule has 1 aromatic rings. The third kappa shape index (κ3) is 2.81. The van der Waals surface area contributed by atoms with Gasteiger partial charge in [0.05, 0.1) is 0 Å². The van der Waals surface area contributed by atoms with Crippen LogP contribution in [0.15, 0.2) is 18.2 Å². The summed E-state index contributed by atoms with van der Waals surface area (Å²) in [4.78, 5) is 12.2. The molecule has 0 saturated carbocycles. The lowest BCUT2D eigenvalue weighted by atomic mass is 10.1. The summed E-state index contributed by atoms with van der Waals surface area (Å²) in [6.07, 6.45) is 1.96. The van der Waals surface area contributed by atoms with E-state index in [1.54, 1.807) is 18.2 Å². The van der Waals surface area contributed by atoms with E-state index in [0.29, 0.717) is 30.3 Å². The number of ether oxygens (including phenoxy) is 2. The van der Waals surface area contributed by atoms with Crippen molar-refractivity contribution < 1.29 is 14.3 Å². The van der Waals surface area contributed by atoms with Gasteiger partial charge in [-0.05, 0) is 44.1 Å². The van der Waals surface area contributed by atoms with Gasteiger partial charge in [0.1, 0.15) is 13.2 Å². The number of carbonyl (C=O) groups excluding carboxylic acids is 1. The zero-order valence-electron chi connectivity index (χ0n) is 10.8. The molecular weight excluding hydrogens is 244 g/mol. The largest absolute Gasteiger partial charge is 0.486 e. The van der Waals surface area contributed by atoms with Crippen molar-refractivity contribution in [3.05, 3.63) is 23.8 Å². The van der Waals surface area contributed by atoms with Crippen molar-refractivity contribution in [2.45, 2.75) is 18.9 Å². The molecular formula is C14H18N2O3. The molecule has 2 N–H and O–H groups in total. The third-order valence-electron chi connectivity index (χ3n) is 3.48. The second kappa shape index (κ2) is 5.48. The zero-order chi connectivity index (χ0) is 13.1. The Morgan fingerprint density at radius 2 is 1.89 bits per heavy atom. The molecule has 5 heteroatoms. The Morgan fingerprint density at radius 1 is 1.16 bits per heavy atom. The zero-order valence-corrected chi connectivity index (χ0v) is 10.8. The van der Waals surface area contributed by atoms with Crippen LogP contribution in [0.3, 0.4) is 0 Å². The predicted octanol–water partition coefficient (Wildman–Crippen LogP) is 0.940. The van der Waals surface area contributed by atoms with Gasteiger partial charge in [0, 0.05) is 11.6 Å². The van der Waals surface area contributed by atoms with Crippen molar-refractivity contribution in [3.8, 4) is 11.5 Å². The van der Waals surface area contributed by atoms with E-state index in [-0.39, 0.29) is 11.9 Å². The quantitative estimate of drug-likeness (QED) is 0.833. The van der Waals surface area contributed by atoms with Gasteiger partial charge in [0.25, 0.3) is 5.91 Å². The summed E-state index contributed by atoms with van der Waals surface area (Å²) in [7, 11) is 0. The lowest BCUT2D eigenvalue weighted by molar-refractivity contribution is 0.0928. The Morgan fingerprint density at radius 3 is 2.68 bits per heavy atom. The van der Waals surface area contributed by atoms with Gasteiger partial charge in [-0.2, -0.15) is 0 Å². The molecule has 5 nitrogen and oxygen atoms in total. The van der Waals surface area contributed by atoms with Crippen molar-refractivity contribution in [1.29, 1.82) is 0 Å². The van der Waals surface area contributed by atoms with Crippen molar-refractivity contribution in [3.63, 3.8) is 0 Å². The van der Waals surface area contributed by atoms with Gasteiger partial charge in [-0.15, -0.1) is 0 Å². The molecule has 1 fully saturated rings. The molecule has 0 radical (unpaired) electrons. The van der Waals surface area contributed by atoms with E-state index >= 15 is 0 Å². The number of hydrogen-bond donors (Lipinski definition) is 2. The first-order valence-electron chi connectivity index (χ1n) is 6.74. The van der Waals surface area contributed by atoms with Crippen LogP contribution in [0.4, 0.5) is 0 Å². The van der Waals surface area contributed by atoms with Crippen LogP contribution < -0.4 is 20.1 Å². The van der Waals surface area contributed by atoms with Crippen molar-refractivity contribution >= 4 is 5.91 Å². The number of hydrogen-bond acceptors (Lipinski definition) is 4. The van der Waals surface area contributed by atoms with E-state index in [4.69, 9.17) is 9.47 Å². The topological polar surface area (TPSA) is 59.6 Å². The van der Waals surface area contributed by atoms with Crippen molar-refractivity contribution in [1.82, 2.24) is 10.6 Å². The summed E-state index contributed by atoms with van der Waals surface area (Å²) in [5.74, 6) is 1.33. The van der Waals surface area contributed by atoms with Crippen molar-refractivity contribution in [2.75, 3.05) is 26.3 Å². The first kappa shape index (κ1) is 12.3. The highest BCUT2D eigenvalue weighted by molar-refractivity contribution is 5.95. The normalized spacial score (nSPS) is 18.9. The summed E-state index contributed by atoms with van der Waals surface area (Å²) >= 11 is 0. The maximum Gasteiger partial charge on any atom is 0.251 e. The van der Waals surface area contributed by atoms with Crippen LogP contribution in [0, 0.1) is 0 Å². The van der Waals surface area contributed by atoms with E-state index in [0.717, 1.165) is 25.9 Å². The molecule has 0 atom stereocenters. The van der Waals surface area contributed by atoms with E-state index in [2.05, 4.69) is 10.6 Å². The van der Waals surface area contributed by atoms with E-state index in [1.807, 2.05) is 0 Å². The third-order valence-corrected chi connectivity index (χ3v) is 3.48. The van der Waals surface area contributed by atoms with Gasteiger partial charge >= 0.3 is 0 Å². The molecule has 3 rings (SSSR count). The summed E-state index contributed by atoms with van der Waals surface area (Å²) in [5.41, 5.74) is 0.628. The molecule has 2 aliphatic rings. The molecule has 19 heavy (non-hydrogen) atoms. The summed E-state index contributed by atoms with van der Waals surface area (Å²) in [5, 5.41) is 6.35. The standard InChI is InChI=1S/C14H18N2O3/c17-14(16-11-3-5-15-6-4-11)10-1-2-12-13(9-10)19-8-7-18-12/h1-2,9,11,15H,3-8H2,(H,16,17).